The van der Waals surface area contributed by atoms with E-state index in [-0.39, 0.29) is 12.3 Å². The molecule has 0 N–H and O–H groups in total. The number of carbonyl (C=O) groups is 2. The van der Waals surface area contributed by atoms with Crippen LogP contribution in [0.1, 0.15) is 6.42 Å². The van der Waals surface area contributed by atoms with Crippen LogP contribution in [0.2, 0.25) is 0 Å². The van der Waals surface area contributed by atoms with Gasteiger partial charge in [-0.1, -0.05) is 36.4 Å². The molecule has 1 fully saturated rings. The lowest BCUT2D eigenvalue weighted by molar-refractivity contribution is -0.139. The summed E-state index contributed by atoms with van der Waals surface area (Å²) < 4.78 is 5.56. The Labute approximate surface area is 144 Å². The SMILES string of the molecule is O=C(Oc1cccc2cccnc12)[C@@H]1CC(=O)N(c2ccccc2)C1. The number of pyridine rings is 1. The van der Waals surface area contributed by atoms with Crippen molar-refractivity contribution >= 4 is 28.5 Å². The fourth-order valence-corrected chi connectivity index (χ4v) is 3.07. The summed E-state index contributed by atoms with van der Waals surface area (Å²) in [6, 6.07) is 18.6. The van der Waals surface area contributed by atoms with Crippen LogP contribution in [0.15, 0.2) is 66.9 Å². The number of ether oxygens (including phenoxy) is 1. The van der Waals surface area contributed by atoms with Crippen molar-refractivity contribution in [3.8, 4) is 5.75 Å². The lowest BCUT2D eigenvalue weighted by Crippen LogP contribution is -2.27. The van der Waals surface area contributed by atoms with Gasteiger partial charge in [0.05, 0.1) is 5.92 Å². The lowest BCUT2D eigenvalue weighted by atomic mass is 10.1. The highest BCUT2D eigenvalue weighted by Crippen LogP contribution is 2.28. The summed E-state index contributed by atoms with van der Waals surface area (Å²) in [5.41, 5.74) is 1.44. The Bertz CT molecular complexity index is 935. The number of nitrogens with zero attached hydrogens (tertiary/aromatic N) is 2. The molecule has 124 valence electrons. The Morgan fingerprint density at radius 1 is 1.04 bits per heavy atom. The molecule has 0 saturated carbocycles. The van der Waals surface area contributed by atoms with Crippen LogP contribution in [0.3, 0.4) is 0 Å². The van der Waals surface area contributed by atoms with Crippen LogP contribution in [0.4, 0.5) is 5.69 Å². The number of aromatic nitrogens is 1. The number of benzene rings is 2. The van der Waals surface area contributed by atoms with Gasteiger partial charge in [0, 0.05) is 30.2 Å². The van der Waals surface area contributed by atoms with E-state index in [1.165, 1.54) is 0 Å². The van der Waals surface area contributed by atoms with Gasteiger partial charge in [-0.05, 0) is 24.3 Å². The van der Waals surface area contributed by atoms with Gasteiger partial charge >= 0.3 is 5.97 Å². The summed E-state index contributed by atoms with van der Waals surface area (Å²) in [7, 11) is 0. The Morgan fingerprint density at radius 2 is 1.84 bits per heavy atom. The van der Waals surface area contributed by atoms with Gasteiger partial charge in [-0.25, -0.2) is 0 Å². The zero-order chi connectivity index (χ0) is 17.2. The number of para-hydroxylation sites is 2. The molecule has 1 atom stereocenters. The Balaban J connectivity index is 1.53. The van der Waals surface area contributed by atoms with Crippen LogP contribution < -0.4 is 9.64 Å². The van der Waals surface area contributed by atoms with Gasteiger partial charge in [0.15, 0.2) is 5.75 Å². The molecule has 1 aromatic heterocycles. The second-order valence-electron chi connectivity index (χ2n) is 5.99. The van der Waals surface area contributed by atoms with Gasteiger partial charge in [0.25, 0.3) is 0 Å². The van der Waals surface area contributed by atoms with E-state index in [2.05, 4.69) is 4.98 Å². The predicted molar refractivity (Wildman–Crippen MR) is 94.3 cm³/mol. The number of hydrogen-bond acceptors (Lipinski definition) is 4. The summed E-state index contributed by atoms with van der Waals surface area (Å²) in [5, 5.41) is 0.904. The highest BCUT2D eigenvalue weighted by Gasteiger charge is 2.36. The van der Waals surface area contributed by atoms with Crippen molar-refractivity contribution in [1.29, 1.82) is 0 Å². The molecule has 25 heavy (non-hydrogen) atoms. The third-order valence-electron chi connectivity index (χ3n) is 4.33. The van der Waals surface area contributed by atoms with Crippen LogP contribution in [0, 0.1) is 5.92 Å². The smallest absolute Gasteiger partial charge is 0.316 e. The van der Waals surface area contributed by atoms with Gasteiger partial charge in [0.1, 0.15) is 5.52 Å². The average molecular weight is 332 g/mol. The van der Waals surface area contributed by atoms with Crippen LogP contribution in [-0.2, 0) is 9.59 Å². The van der Waals surface area contributed by atoms with Crippen molar-refractivity contribution in [2.24, 2.45) is 5.92 Å². The number of fused-ring (bicyclic) bond motifs is 1. The maximum Gasteiger partial charge on any atom is 0.316 e. The molecule has 0 radical (unpaired) electrons. The molecule has 0 unspecified atom stereocenters. The first kappa shape index (κ1) is 15.3. The molecule has 1 amide bonds. The number of amides is 1. The summed E-state index contributed by atoms with van der Waals surface area (Å²) in [4.78, 5) is 30.7. The third kappa shape index (κ3) is 2.96. The van der Waals surface area contributed by atoms with Crippen molar-refractivity contribution in [2.45, 2.75) is 6.42 Å². The van der Waals surface area contributed by atoms with E-state index >= 15 is 0 Å². The molecule has 3 aromatic rings. The van der Waals surface area contributed by atoms with Gasteiger partial charge < -0.3 is 9.64 Å². The monoisotopic (exact) mass is 332 g/mol. The van der Waals surface area contributed by atoms with Crippen LogP contribution >= 0.6 is 0 Å². The maximum absolute atomic E-state index is 12.6. The average Bonchev–Trinajstić information content (AvgIpc) is 3.05. The summed E-state index contributed by atoms with van der Waals surface area (Å²) in [6.07, 6.45) is 1.82. The van der Waals surface area contributed by atoms with Gasteiger partial charge in [0.2, 0.25) is 5.91 Å². The maximum atomic E-state index is 12.6. The van der Waals surface area contributed by atoms with E-state index in [4.69, 9.17) is 4.74 Å². The molecule has 2 aromatic carbocycles. The topological polar surface area (TPSA) is 59.5 Å². The first-order valence-electron chi connectivity index (χ1n) is 8.13. The Hall–Kier alpha value is -3.21. The molecule has 5 heteroatoms. The second-order valence-corrected chi connectivity index (χ2v) is 5.99. The zero-order valence-corrected chi connectivity index (χ0v) is 13.5. The predicted octanol–water partition coefficient (Wildman–Crippen LogP) is 3.19. The highest BCUT2D eigenvalue weighted by molar-refractivity contribution is 6.00. The molecular formula is C20H16N2O3. The van der Waals surface area contributed by atoms with Crippen LogP contribution in [0.5, 0.6) is 5.75 Å². The molecule has 2 heterocycles. The summed E-state index contributed by atoms with van der Waals surface area (Å²) >= 11 is 0. The number of rotatable bonds is 3. The Morgan fingerprint density at radius 3 is 2.68 bits per heavy atom. The van der Waals surface area contributed by atoms with E-state index in [9.17, 15) is 9.59 Å². The second kappa shape index (κ2) is 6.36. The number of carbonyl (C=O) groups excluding carboxylic acids is 2. The fourth-order valence-electron chi connectivity index (χ4n) is 3.07. The van der Waals surface area contributed by atoms with Crippen molar-refractivity contribution in [2.75, 3.05) is 11.4 Å². The minimum absolute atomic E-state index is 0.0656. The minimum Gasteiger partial charge on any atom is -0.424 e. The third-order valence-corrected chi connectivity index (χ3v) is 4.33. The molecule has 5 nitrogen and oxygen atoms in total. The van der Waals surface area contributed by atoms with Gasteiger partial charge in [-0.15, -0.1) is 0 Å². The van der Waals surface area contributed by atoms with E-state index in [0.717, 1.165) is 11.1 Å². The molecule has 1 aliphatic heterocycles. The van der Waals surface area contributed by atoms with Gasteiger partial charge in [-0.2, -0.15) is 0 Å². The zero-order valence-electron chi connectivity index (χ0n) is 13.5. The van der Waals surface area contributed by atoms with E-state index in [0.29, 0.717) is 17.8 Å². The van der Waals surface area contributed by atoms with E-state index < -0.39 is 11.9 Å². The summed E-state index contributed by atoms with van der Waals surface area (Å²) in [5.74, 6) is -0.519. The summed E-state index contributed by atoms with van der Waals surface area (Å²) in [6.45, 7) is 0.333. The molecular weight excluding hydrogens is 316 g/mol. The number of anilines is 1. The van der Waals surface area contributed by atoms with Crippen molar-refractivity contribution in [3.05, 3.63) is 66.9 Å². The minimum atomic E-state index is -0.480. The van der Waals surface area contributed by atoms with Crippen molar-refractivity contribution in [1.82, 2.24) is 4.98 Å². The molecule has 1 saturated heterocycles. The largest absolute Gasteiger partial charge is 0.424 e. The van der Waals surface area contributed by atoms with Crippen LogP contribution in [0.25, 0.3) is 10.9 Å². The van der Waals surface area contributed by atoms with Crippen molar-refractivity contribution in [3.63, 3.8) is 0 Å². The lowest BCUT2D eigenvalue weighted by Gasteiger charge is -2.16. The first-order chi connectivity index (χ1) is 12.2. The molecule has 0 bridgehead atoms. The Kier molecular flexibility index (Phi) is 3.90. The fraction of sp³-hybridized carbons (Fsp3) is 0.150. The quantitative estimate of drug-likeness (QED) is 0.546. The van der Waals surface area contributed by atoms with Crippen LogP contribution in [-0.4, -0.2) is 23.4 Å². The van der Waals surface area contributed by atoms with E-state index in [1.54, 1.807) is 17.2 Å². The highest BCUT2D eigenvalue weighted by atomic mass is 16.5. The van der Waals surface area contributed by atoms with E-state index in [1.807, 2.05) is 54.6 Å². The molecule has 4 rings (SSSR count). The molecule has 0 aliphatic carbocycles. The standard InChI is InChI=1S/C20H16N2O3/c23-18-12-15(13-22(18)16-8-2-1-3-9-16)20(24)25-17-10-4-6-14-7-5-11-21-19(14)17/h1-11,15H,12-13H2/t15-/m1/s1. The number of hydrogen-bond donors (Lipinski definition) is 0. The molecule has 1 aliphatic rings. The first-order valence-corrected chi connectivity index (χ1v) is 8.13. The molecule has 0 spiro atoms. The normalized spacial score (nSPS) is 17.0. The number of esters is 1. The van der Waals surface area contributed by atoms with Crippen molar-refractivity contribution < 1.29 is 14.3 Å². The van der Waals surface area contributed by atoms with Gasteiger partial charge in [-0.3, -0.25) is 14.6 Å².